The van der Waals surface area contributed by atoms with Crippen LogP contribution in [0.1, 0.15) is 12.8 Å². The van der Waals surface area contributed by atoms with E-state index in [9.17, 15) is 0 Å². The number of hydrogen-bond donors (Lipinski definition) is 1. The van der Waals surface area contributed by atoms with Gasteiger partial charge in [0.2, 0.25) is 0 Å². The average Bonchev–Trinajstić information content (AvgIpc) is 3.13. The number of nitrogens with one attached hydrogen (secondary N) is 1. The molecule has 1 aromatic rings. The van der Waals surface area contributed by atoms with Gasteiger partial charge in [-0.05, 0) is 31.5 Å². The lowest BCUT2D eigenvalue weighted by Crippen LogP contribution is -2.46. The molecule has 0 unspecified atom stereocenters. The van der Waals surface area contributed by atoms with Gasteiger partial charge >= 0.3 is 0 Å². The largest absolute Gasteiger partial charge is 0.497 e. The van der Waals surface area contributed by atoms with Crippen molar-refractivity contribution in [1.82, 2.24) is 15.1 Å². The molecule has 3 rings (SSSR count). The van der Waals surface area contributed by atoms with Crippen LogP contribution in [0.3, 0.4) is 0 Å². The second kappa shape index (κ2) is 8.11. The summed E-state index contributed by atoms with van der Waals surface area (Å²) in [6, 6.07) is 8.38. The Balaban J connectivity index is 1.35. The van der Waals surface area contributed by atoms with Crippen LogP contribution in [0.25, 0.3) is 0 Å². The Morgan fingerprint density at radius 2 is 1.91 bits per heavy atom. The van der Waals surface area contributed by atoms with Gasteiger partial charge in [-0.3, -0.25) is 4.90 Å². The lowest BCUT2D eigenvalue weighted by atomic mass is 10.2. The van der Waals surface area contributed by atoms with Gasteiger partial charge in [0.05, 0.1) is 13.8 Å². The fraction of sp³-hybridized carbons (Fsp3) is 0.556. The molecule has 1 N–H and O–H groups in total. The lowest BCUT2D eigenvalue weighted by molar-refractivity contribution is 0.247. The summed E-state index contributed by atoms with van der Waals surface area (Å²) in [5.74, 6) is 0.940. The number of nitrogens with zero attached hydrogens (tertiary/aromatic N) is 3. The van der Waals surface area contributed by atoms with Crippen LogP contribution >= 0.6 is 0 Å². The Hall–Kier alpha value is -1.88. The molecule has 0 spiro atoms. The van der Waals surface area contributed by atoms with Crippen LogP contribution in [0, 0.1) is 0 Å². The summed E-state index contributed by atoms with van der Waals surface area (Å²) in [5, 5.41) is 3.21. The molecule has 1 saturated heterocycles. The molecule has 1 fully saturated rings. The van der Waals surface area contributed by atoms with Crippen molar-refractivity contribution >= 4 is 5.69 Å². The molecule has 0 radical (unpaired) electrons. The number of benzene rings is 1. The molecule has 2 aliphatic heterocycles. The Morgan fingerprint density at radius 3 is 2.65 bits per heavy atom. The van der Waals surface area contributed by atoms with E-state index in [-0.39, 0.29) is 0 Å². The summed E-state index contributed by atoms with van der Waals surface area (Å²) < 4.78 is 5.32. The van der Waals surface area contributed by atoms with Crippen LogP contribution in [-0.2, 0) is 0 Å². The molecule has 0 aliphatic carbocycles. The summed E-state index contributed by atoms with van der Waals surface area (Å²) in [4.78, 5) is 7.38. The highest BCUT2D eigenvalue weighted by Gasteiger charge is 2.17. The van der Waals surface area contributed by atoms with E-state index in [1.165, 1.54) is 25.1 Å². The second-order valence-corrected chi connectivity index (χ2v) is 6.23. The van der Waals surface area contributed by atoms with E-state index >= 15 is 0 Å². The molecule has 126 valence electrons. The molecule has 23 heavy (non-hydrogen) atoms. The summed E-state index contributed by atoms with van der Waals surface area (Å²) in [5.41, 5.74) is 1.28. The van der Waals surface area contributed by atoms with Crippen LogP contribution in [0.15, 0.2) is 36.7 Å². The van der Waals surface area contributed by atoms with Gasteiger partial charge < -0.3 is 19.9 Å². The number of anilines is 1. The van der Waals surface area contributed by atoms with Gasteiger partial charge in [0.15, 0.2) is 0 Å². The van der Waals surface area contributed by atoms with Gasteiger partial charge in [0.25, 0.3) is 0 Å². The minimum atomic E-state index is 0.940. The fourth-order valence-electron chi connectivity index (χ4n) is 3.22. The predicted molar refractivity (Wildman–Crippen MR) is 94.7 cm³/mol. The molecular formula is C18H28N4O. The summed E-state index contributed by atoms with van der Waals surface area (Å²) in [6.07, 6.45) is 6.72. The highest BCUT2D eigenvalue weighted by Crippen LogP contribution is 2.22. The highest BCUT2D eigenvalue weighted by molar-refractivity contribution is 5.51. The van der Waals surface area contributed by atoms with Gasteiger partial charge in [-0.1, -0.05) is 6.07 Å². The highest BCUT2D eigenvalue weighted by atomic mass is 16.5. The first-order valence-electron chi connectivity index (χ1n) is 8.60. The number of unbranched alkanes of at least 4 members (excludes halogenated alkanes) is 1. The van der Waals surface area contributed by atoms with E-state index in [1.54, 1.807) is 7.11 Å². The fourth-order valence-corrected chi connectivity index (χ4v) is 3.22. The maximum atomic E-state index is 5.32. The van der Waals surface area contributed by atoms with Crippen LogP contribution in [0.2, 0.25) is 0 Å². The normalized spacial score (nSPS) is 18.3. The summed E-state index contributed by atoms with van der Waals surface area (Å²) in [7, 11) is 1.73. The molecule has 5 nitrogen and oxygen atoms in total. The Kier molecular flexibility index (Phi) is 5.64. The predicted octanol–water partition coefficient (Wildman–Crippen LogP) is 1.93. The molecule has 0 atom stereocenters. The van der Waals surface area contributed by atoms with Gasteiger partial charge in [-0.2, -0.15) is 0 Å². The van der Waals surface area contributed by atoms with Crippen molar-refractivity contribution in [1.29, 1.82) is 0 Å². The van der Waals surface area contributed by atoms with Crippen LogP contribution in [-0.4, -0.2) is 62.8 Å². The van der Waals surface area contributed by atoms with Crippen LogP contribution in [0.5, 0.6) is 5.75 Å². The number of ether oxygens (including phenoxy) is 1. The average molecular weight is 316 g/mol. The number of rotatable bonds is 7. The van der Waals surface area contributed by atoms with Crippen molar-refractivity contribution in [3.8, 4) is 5.75 Å². The van der Waals surface area contributed by atoms with Crippen molar-refractivity contribution in [3.05, 3.63) is 36.7 Å². The first-order valence-corrected chi connectivity index (χ1v) is 8.60. The standard InChI is InChI=1S/C18H28N4O/c1-23-18-6-4-5-17(15-18)22-13-11-20(12-14-22)8-2-3-9-21-10-7-19-16-21/h4-7,10,15,19H,2-3,8-9,11-14,16H2,1H3. The topological polar surface area (TPSA) is 31.0 Å². The zero-order valence-corrected chi connectivity index (χ0v) is 14.1. The zero-order chi connectivity index (χ0) is 15.9. The lowest BCUT2D eigenvalue weighted by Gasteiger charge is -2.36. The Labute approximate surface area is 139 Å². The van der Waals surface area contributed by atoms with E-state index in [2.05, 4.69) is 44.4 Å². The molecule has 0 saturated carbocycles. The third kappa shape index (κ3) is 4.55. The number of hydrogen-bond acceptors (Lipinski definition) is 5. The van der Waals surface area contributed by atoms with Gasteiger partial charge in [-0.15, -0.1) is 0 Å². The molecular weight excluding hydrogens is 288 g/mol. The Morgan fingerprint density at radius 1 is 1.09 bits per heavy atom. The third-order valence-corrected chi connectivity index (χ3v) is 4.66. The van der Waals surface area contributed by atoms with Gasteiger partial charge in [-0.25, -0.2) is 0 Å². The minimum Gasteiger partial charge on any atom is -0.497 e. The van der Waals surface area contributed by atoms with Crippen molar-refractivity contribution < 1.29 is 4.74 Å². The maximum absolute atomic E-state index is 5.32. The molecule has 2 aliphatic rings. The van der Waals surface area contributed by atoms with Crippen molar-refractivity contribution in [2.45, 2.75) is 12.8 Å². The van der Waals surface area contributed by atoms with E-state index in [0.29, 0.717) is 0 Å². The number of methoxy groups -OCH3 is 1. The number of piperazine rings is 1. The van der Waals surface area contributed by atoms with Gasteiger partial charge in [0.1, 0.15) is 5.75 Å². The molecule has 5 heteroatoms. The summed E-state index contributed by atoms with van der Waals surface area (Å²) in [6.45, 7) is 7.87. The SMILES string of the molecule is COc1cccc(N2CCN(CCCCN3C=CNC3)CC2)c1. The zero-order valence-electron chi connectivity index (χ0n) is 14.1. The molecule has 1 aromatic carbocycles. The maximum Gasteiger partial charge on any atom is 0.120 e. The van der Waals surface area contributed by atoms with Crippen LogP contribution in [0.4, 0.5) is 5.69 Å². The first kappa shape index (κ1) is 16.0. The Bertz CT molecular complexity index is 511. The van der Waals surface area contributed by atoms with E-state index in [0.717, 1.165) is 45.1 Å². The molecule has 0 aromatic heterocycles. The quantitative estimate of drug-likeness (QED) is 0.777. The van der Waals surface area contributed by atoms with Gasteiger partial charge in [0, 0.05) is 56.9 Å². The van der Waals surface area contributed by atoms with Crippen LogP contribution < -0.4 is 15.0 Å². The first-order chi connectivity index (χ1) is 11.3. The smallest absolute Gasteiger partial charge is 0.120 e. The third-order valence-electron chi connectivity index (χ3n) is 4.66. The molecule has 2 heterocycles. The van der Waals surface area contributed by atoms with E-state index in [4.69, 9.17) is 4.74 Å². The summed E-state index contributed by atoms with van der Waals surface area (Å²) >= 11 is 0. The van der Waals surface area contributed by atoms with Crippen molar-refractivity contribution in [2.24, 2.45) is 0 Å². The monoisotopic (exact) mass is 316 g/mol. The van der Waals surface area contributed by atoms with E-state index in [1.807, 2.05) is 12.3 Å². The second-order valence-electron chi connectivity index (χ2n) is 6.23. The minimum absolute atomic E-state index is 0.940. The molecule has 0 bridgehead atoms. The van der Waals surface area contributed by atoms with Crippen molar-refractivity contribution in [3.63, 3.8) is 0 Å². The van der Waals surface area contributed by atoms with E-state index < -0.39 is 0 Å². The molecule has 0 amide bonds. The van der Waals surface area contributed by atoms with Crippen molar-refractivity contribution in [2.75, 3.05) is 57.9 Å².